The van der Waals surface area contributed by atoms with Crippen LogP contribution in [0.1, 0.15) is 36.3 Å². The summed E-state index contributed by atoms with van der Waals surface area (Å²) in [7, 11) is 0. The average molecular weight is 208 g/mol. The fraction of sp³-hybridized carbons (Fsp3) is 0.455. The maximum Gasteiger partial charge on any atom is 0.357 e. The molecule has 1 rings (SSSR count). The molecule has 4 nitrogen and oxygen atoms in total. The molecule has 4 heteroatoms. The number of ether oxygens (including phenoxy) is 1. The Balaban J connectivity index is 2.66. The monoisotopic (exact) mass is 208 g/mol. The Bertz CT molecular complexity index is 322. The van der Waals surface area contributed by atoms with Crippen LogP contribution in [0, 0.1) is 0 Å². The third-order valence-corrected chi connectivity index (χ3v) is 2.15. The zero-order valence-electron chi connectivity index (χ0n) is 9.06. The van der Waals surface area contributed by atoms with Gasteiger partial charge >= 0.3 is 5.97 Å². The Labute approximate surface area is 89.5 Å². The second kappa shape index (κ2) is 5.46. The van der Waals surface area contributed by atoms with Gasteiger partial charge in [0.1, 0.15) is 5.69 Å². The van der Waals surface area contributed by atoms with Crippen LogP contribution in [0.25, 0.3) is 0 Å². The quantitative estimate of drug-likeness (QED) is 0.761. The van der Waals surface area contributed by atoms with Gasteiger partial charge in [-0.1, -0.05) is 13.0 Å². The van der Waals surface area contributed by atoms with Gasteiger partial charge in [-0.25, -0.2) is 9.78 Å². The second-order valence-corrected chi connectivity index (χ2v) is 3.38. The van der Waals surface area contributed by atoms with Crippen LogP contribution in [0.2, 0.25) is 0 Å². The minimum Gasteiger partial charge on any atom is -0.458 e. The zero-order valence-corrected chi connectivity index (χ0v) is 9.06. The number of aromatic nitrogens is 1. The van der Waals surface area contributed by atoms with E-state index < -0.39 is 0 Å². The van der Waals surface area contributed by atoms with Crippen molar-refractivity contribution in [1.82, 2.24) is 4.98 Å². The Kier molecular flexibility index (Phi) is 4.24. The highest BCUT2D eigenvalue weighted by Crippen LogP contribution is 2.04. The molecule has 82 valence electrons. The first kappa shape index (κ1) is 11.7. The number of hydrogen-bond donors (Lipinski definition) is 1. The molecule has 0 spiro atoms. The lowest BCUT2D eigenvalue weighted by Crippen LogP contribution is -2.15. The first-order valence-corrected chi connectivity index (χ1v) is 5.03. The third-order valence-electron chi connectivity index (χ3n) is 2.15. The van der Waals surface area contributed by atoms with E-state index in [1.807, 2.05) is 13.8 Å². The number of pyridine rings is 1. The molecule has 0 aromatic carbocycles. The largest absolute Gasteiger partial charge is 0.458 e. The normalized spacial score (nSPS) is 12.2. The van der Waals surface area contributed by atoms with Crippen molar-refractivity contribution in [2.75, 3.05) is 0 Å². The van der Waals surface area contributed by atoms with Gasteiger partial charge < -0.3 is 10.5 Å². The van der Waals surface area contributed by atoms with Gasteiger partial charge in [0.05, 0.1) is 6.10 Å². The van der Waals surface area contributed by atoms with Crippen molar-refractivity contribution in [1.29, 1.82) is 0 Å². The Morgan fingerprint density at radius 2 is 2.33 bits per heavy atom. The number of hydrogen-bond acceptors (Lipinski definition) is 4. The summed E-state index contributed by atoms with van der Waals surface area (Å²) in [5, 5.41) is 0. The average Bonchev–Trinajstić information content (AvgIpc) is 2.29. The number of carbonyl (C=O) groups is 1. The van der Waals surface area contributed by atoms with Gasteiger partial charge in [-0.2, -0.15) is 0 Å². The molecule has 2 N–H and O–H groups in total. The van der Waals surface area contributed by atoms with E-state index in [9.17, 15) is 4.79 Å². The molecule has 1 heterocycles. The first-order chi connectivity index (χ1) is 7.17. The van der Waals surface area contributed by atoms with E-state index in [1.165, 1.54) is 0 Å². The number of nitrogens with zero attached hydrogens (tertiary/aromatic N) is 1. The van der Waals surface area contributed by atoms with E-state index in [4.69, 9.17) is 10.5 Å². The Hall–Kier alpha value is -1.42. The Morgan fingerprint density at radius 3 is 2.80 bits per heavy atom. The lowest BCUT2D eigenvalue weighted by molar-refractivity contribution is 0.0327. The molecule has 0 aliphatic rings. The smallest absolute Gasteiger partial charge is 0.357 e. The molecular formula is C11H16N2O2. The minimum absolute atomic E-state index is 0.0755. The van der Waals surface area contributed by atoms with Crippen LogP contribution in [0.15, 0.2) is 18.3 Å². The molecule has 15 heavy (non-hydrogen) atoms. The molecular weight excluding hydrogens is 192 g/mol. The summed E-state index contributed by atoms with van der Waals surface area (Å²) in [6, 6.07) is 3.41. The van der Waals surface area contributed by atoms with Crippen molar-refractivity contribution in [2.24, 2.45) is 5.73 Å². The van der Waals surface area contributed by atoms with Crippen LogP contribution in [0.3, 0.4) is 0 Å². The topological polar surface area (TPSA) is 65.2 Å². The second-order valence-electron chi connectivity index (χ2n) is 3.38. The fourth-order valence-electron chi connectivity index (χ4n) is 0.992. The standard InChI is InChI=1S/C11H16N2O2/c1-3-8(2)15-11(14)10-5-4-9(6-12)7-13-10/h4-5,7-8H,3,6,12H2,1-2H3. The third kappa shape index (κ3) is 3.32. The van der Waals surface area contributed by atoms with Gasteiger partial charge in [-0.15, -0.1) is 0 Å². The molecule has 0 aliphatic carbocycles. The summed E-state index contributed by atoms with van der Waals surface area (Å²) < 4.78 is 5.13. The van der Waals surface area contributed by atoms with E-state index in [0.717, 1.165) is 12.0 Å². The van der Waals surface area contributed by atoms with Crippen molar-refractivity contribution >= 4 is 5.97 Å². The van der Waals surface area contributed by atoms with Crippen molar-refractivity contribution in [3.63, 3.8) is 0 Å². The predicted molar refractivity (Wildman–Crippen MR) is 57.3 cm³/mol. The van der Waals surface area contributed by atoms with Crippen LogP contribution in [0.5, 0.6) is 0 Å². The highest BCUT2D eigenvalue weighted by Gasteiger charge is 2.11. The molecule has 1 aromatic rings. The van der Waals surface area contributed by atoms with Crippen LogP contribution in [0.4, 0.5) is 0 Å². The minimum atomic E-state index is -0.382. The van der Waals surface area contributed by atoms with E-state index in [2.05, 4.69) is 4.98 Å². The molecule has 0 aliphatic heterocycles. The summed E-state index contributed by atoms with van der Waals surface area (Å²) in [5.74, 6) is -0.382. The first-order valence-electron chi connectivity index (χ1n) is 5.03. The SMILES string of the molecule is CCC(C)OC(=O)c1ccc(CN)cn1. The maximum absolute atomic E-state index is 11.5. The fourth-order valence-corrected chi connectivity index (χ4v) is 0.992. The van der Waals surface area contributed by atoms with Crippen molar-refractivity contribution in [3.8, 4) is 0 Å². The van der Waals surface area contributed by atoms with Gasteiger partial charge in [0, 0.05) is 12.7 Å². The molecule has 0 fully saturated rings. The summed E-state index contributed by atoms with van der Waals surface area (Å²) in [6.07, 6.45) is 2.31. The summed E-state index contributed by atoms with van der Waals surface area (Å²) >= 11 is 0. The maximum atomic E-state index is 11.5. The van der Waals surface area contributed by atoms with Crippen molar-refractivity contribution in [2.45, 2.75) is 32.9 Å². The van der Waals surface area contributed by atoms with E-state index in [1.54, 1.807) is 18.3 Å². The zero-order chi connectivity index (χ0) is 11.3. The van der Waals surface area contributed by atoms with Crippen molar-refractivity contribution in [3.05, 3.63) is 29.6 Å². The lowest BCUT2D eigenvalue weighted by Gasteiger charge is -2.10. The lowest BCUT2D eigenvalue weighted by atomic mass is 10.2. The summed E-state index contributed by atoms with van der Waals surface area (Å²) in [4.78, 5) is 15.5. The van der Waals surface area contributed by atoms with Crippen LogP contribution in [-0.4, -0.2) is 17.1 Å². The predicted octanol–water partition coefficient (Wildman–Crippen LogP) is 1.50. The van der Waals surface area contributed by atoms with E-state index in [-0.39, 0.29) is 12.1 Å². The van der Waals surface area contributed by atoms with Crippen molar-refractivity contribution < 1.29 is 9.53 Å². The molecule has 1 unspecified atom stereocenters. The number of carbonyl (C=O) groups excluding carboxylic acids is 1. The molecule has 1 atom stereocenters. The van der Waals surface area contributed by atoms with E-state index >= 15 is 0 Å². The molecule has 0 radical (unpaired) electrons. The van der Waals surface area contributed by atoms with Crippen LogP contribution in [-0.2, 0) is 11.3 Å². The van der Waals surface area contributed by atoms with Gasteiger partial charge in [0.15, 0.2) is 0 Å². The summed E-state index contributed by atoms with van der Waals surface area (Å²) in [6.45, 7) is 4.24. The number of esters is 1. The molecule has 0 saturated heterocycles. The molecule has 0 saturated carbocycles. The van der Waals surface area contributed by atoms with Crippen LogP contribution < -0.4 is 5.73 Å². The highest BCUT2D eigenvalue weighted by molar-refractivity contribution is 5.87. The summed E-state index contributed by atoms with van der Waals surface area (Å²) in [5.41, 5.74) is 6.65. The van der Waals surface area contributed by atoms with Gasteiger partial charge in [-0.3, -0.25) is 0 Å². The Morgan fingerprint density at radius 1 is 1.60 bits per heavy atom. The van der Waals surface area contributed by atoms with Gasteiger partial charge in [0.2, 0.25) is 0 Å². The molecule has 1 aromatic heterocycles. The molecule has 0 amide bonds. The molecule has 0 bridgehead atoms. The van der Waals surface area contributed by atoms with E-state index in [0.29, 0.717) is 12.2 Å². The van der Waals surface area contributed by atoms with Crippen LogP contribution >= 0.6 is 0 Å². The van der Waals surface area contributed by atoms with Gasteiger partial charge in [0.25, 0.3) is 0 Å². The van der Waals surface area contributed by atoms with Gasteiger partial charge in [-0.05, 0) is 25.0 Å². The number of nitrogens with two attached hydrogens (primary N) is 1. The number of rotatable bonds is 4. The highest BCUT2D eigenvalue weighted by atomic mass is 16.5.